The zero-order valence-electron chi connectivity index (χ0n) is 25.8. The highest BCUT2D eigenvalue weighted by atomic mass is 16.1. The number of carbonyl (C=O) groups is 1. The van der Waals surface area contributed by atoms with Crippen LogP contribution in [0.15, 0.2) is 102 Å². The largest absolute Gasteiger partial charge is 0.290 e. The molecule has 0 bridgehead atoms. The van der Waals surface area contributed by atoms with Crippen molar-refractivity contribution in [1.82, 2.24) is 4.98 Å². The van der Waals surface area contributed by atoms with Gasteiger partial charge in [-0.2, -0.15) is 0 Å². The lowest BCUT2D eigenvalue weighted by molar-refractivity contribution is -0.111. The van der Waals surface area contributed by atoms with Crippen LogP contribution in [-0.4, -0.2) is 16.5 Å². The van der Waals surface area contributed by atoms with Crippen molar-refractivity contribution in [2.24, 2.45) is 16.8 Å². The third-order valence-corrected chi connectivity index (χ3v) is 8.38. The monoisotopic (exact) mass is 548 g/mol. The zero-order valence-corrected chi connectivity index (χ0v) is 25.8. The van der Waals surface area contributed by atoms with Gasteiger partial charge in [0, 0.05) is 24.4 Å². The van der Waals surface area contributed by atoms with Crippen LogP contribution in [-0.2, 0) is 11.2 Å². The second-order valence-corrected chi connectivity index (χ2v) is 11.6. The number of aliphatic imine (C=N–C) groups is 1. The summed E-state index contributed by atoms with van der Waals surface area (Å²) in [6.07, 6.45) is 23.5. The molecule has 0 N–H and O–H groups in total. The van der Waals surface area contributed by atoms with Gasteiger partial charge in [0.05, 0.1) is 11.4 Å². The third kappa shape index (κ3) is 8.95. The highest BCUT2D eigenvalue weighted by Crippen LogP contribution is 2.37. The smallest absolute Gasteiger partial charge is 0.183 e. The maximum absolute atomic E-state index is 12.9. The van der Waals surface area contributed by atoms with Gasteiger partial charge in [-0.15, -0.1) is 0 Å². The predicted molar refractivity (Wildman–Crippen MR) is 178 cm³/mol. The lowest BCUT2D eigenvalue weighted by Crippen LogP contribution is -2.04. The number of hydrogen-bond donors (Lipinski definition) is 0. The number of carbonyl (C=O) groups excluding carboxylic acids is 1. The lowest BCUT2D eigenvalue weighted by atomic mass is 9.89. The van der Waals surface area contributed by atoms with Crippen LogP contribution in [0.4, 0.5) is 0 Å². The van der Waals surface area contributed by atoms with E-state index in [9.17, 15) is 4.79 Å². The molecular formula is C38H48N2O. The van der Waals surface area contributed by atoms with Crippen molar-refractivity contribution in [2.75, 3.05) is 0 Å². The van der Waals surface area contributed by atoms with Crippen molar-refractivity contribution in [3.63, 3.8) is 0 Å². The molecule has 1 aromatic heterocycles. The maximum Gasteiger partial charge on any atom is 0.183 e. The van der Waals surface area contributed by atoms with Gasteiger partial charge in [0.25, 0.3) is 0 Å². The van der Waals surface area contributed by atoms with Gasteiger partial charge >= 0.3 is 0 Å². The van der Waals surface area contributed by atoms with Crippen molar-refractivity contribution in [3.8, 4) is 0 Å². The van der Waals surface area contributed by atoms with Crippen molar-refractivity contribution >= 4 is 22.8 Å². The van der Waals surface area contributed by atoms with E-state index in [4.69, 9.17) is 9.98 Å². The number of hydrogen-bond acceptors (Lipinski definition) is 3. The summed E-state index contributed by atoms with van der Waals surface area (Å²) in [4.78, 5) is 22.6. The van der Waals surface area contributed by atoms with Gasteiger partial charge in [0.2, 0.25) is 0 Å². The summed E-state index contributed by atoms with van der Waals surface area (Å²) in [5.74, 6) is 1.06. The molecule has 216 valence electrons. The highest BCUT2D eigenvalue weighted by molar-refractivity contribution is 6.15. The van der Waals surface area contributed by atoms with Crippen LogP contribution in [0.2, 0.25) is 0 Å². The summed E-state index contributed by atoms with van der Waals surface area (Å²) < 4.78 is 0. The Morgan fingerprint density at radius 3 is 2.63 bits per heavy atom. The number of nitrogens with zero attached hydrogens (tertiary/aromatic N) is 2. The Labute approximate surface area is 248 Å². The van der Waals surface area contributed by atoms with E-state index < -0.39 is 0 Å². The van der Waals surface area contributed by atoms with E-state index in [-0.39, 0.29) is 5.78 Å². The van der Waals surface area contributed by atoms with Crippen LogP contribution in [0.25, 0.3) is 11.3 Å². The Hall–Kier alpha value is -3.59. The Morgan fingerprint density at radius 2 is 1.95 bits per heavy atom. The molecule has 2 atom stereocenters. The first-order valence-corrected chi connectivity index (χ1v) is 15.1. The minimum Gasteiger partial charge on any atom is -0.290 e. The molecule has 2 heterocycles. The fraction of sp³-hybridized carbons (Fsp3) is 0.395. The predicted octanol–water partition coefficient (Wildman–Crippen LogP) is 10.2. The van der Waals surface area contributed by atoms with Crippen LogP contribution in [0.5, 0.6) is 0 Å². The summed E-state index contributed by atoms with van der Waals surface area (Å²) in [7, 11) is 0. The Bertz CT molecular complexity index is 1340. The normalized spacial score (nSPS) is 20.9. The lowest BCUT2D eigenvalue weighted by Gasteiger charge is -2.17. The Kier molecular flexibility index (Phi) is 12.0. The van der Waals surface area contributed by atoms with E-state index in [1.165, 1.54) is 43.3 Å². The quantitative estimate of drug-likeness (QED) is 0.119. The number of rotatable bonds is 11. The maximum atomic E-state index is 12.9. The molecule has 0 spiro atoms. The van der Waals surface area contributed by atoms with Gasteiger partial charge in [-0.25, -0.2) is 0 Å². The number of allylic oxidation sites excluding steroid dienone is 11. The fourth-order valence-corrected chi connectivity index (χ4v) is 5.63. The average Bonchev–Trinajstić information content (AvgIpc) is 3.23. The van der Waals surface area contributed by atoms with E-state index in [1.807, 2.05) is 32.2 Å². The molecule has 0 amide bonds. The van der Waals surface area contributed by atoms with Crippen LogP contribution in [0.3, 0.4) is 0 Å². The molecule has 1 fully saturated rings. The first-order valence-electron chi connectivity index (χ1n) is 15.1. The molecular weight excluding hydrogens is 500 g/mol. The van der Waals surface area contributed by atoms with E-state index in [2.05, 4.69) is 64.5 Å². The zero-order chi connectivity index (χ0) is 29.9. The van der Waals surface area contributed by atoms with Crippen molar-refractivity contribution in [1.29, 1.82) is 0 Å². The first kappa shape index (κ1) is 31.9. The van der Waals surface area contributed by atoms with Gasteiger partial charge in [-0.3, -0.25) is 14.8 Å². The van der Waals surface area contributed by atoms with Gasteiger partial charge < -0.3 is 0 Å². The van der Waals surface area contributed by atoms with Crippen molar-refractivity contribution in [3.05, 3.63) is 114 Å². The molecule has 2 unspecified atom stereocenters. The fourth-order valence-electron chi connectivity index (χ4n) is 5.63. The molecule has 0 aromatic carbocycles. The molecule has 0 radical (unpaired) electrons. The summed E-state index contributed by atoms with van der Waals surface area (Å²) in [6.45, 7) is 24.9. The molecule has 41 heavy (non-hydrogen) atoms. The first-order chi connectivity index (χ1) is 19.7. The van der Waals surface area contributed by atoms with Crippen LogP contribution < -0.4 is 0 Å². The third-order valence-electron chi connectivity index (χ3n) is 8.38. The molecule has 1 aliphatic heterocycles. The van der Waals surface area contributed by atoms with E-state index >= 15 is 0 Å². The standard InChI is InChI=1S/C38H48N2O/c1-9-12-13-31-18-19-32(17-15-28(31)7)30(11-3)20-21-34-22-29(8)38(41)24-37(40-34)36-23-35(26(4)5)33(25-39-36)16-14-27(6)10-2/h10-11,14,20-21,23-25,31-32H,2,4,7-9,12-13,15-19,22H2,1,3,5-6H3/b21-20-,27-14-,30-11+. The molecule has 1 saturated carbocycles. The summed E-state index contributed by atoms with van der Waals surface area (Å²) >= 11 is 0. The highest BCUT2D eigenvalue weighted by Gasteiger charge is 2.23. The Balaban J connectivity index is 1.87. The summed E-state index contributed by atoms with van der Waals surface area (Å²) in [5.41, 5.74) is 9.51. The number of pyridine rings is 1. The van der Waals surface area contributed by atoms with Crippen molar-refractivity contribution in [2.45, 2.75) is 85.5 Å². The van der Waals surface area contributed by atoms with E-state index in [1.54, 1.807) is 6.08 Å². The summed E-state index contributed by atoms with van der Waals surface area (Å²) in [6, 6.07) is 2.00. The van der Waals surface area contributed by atoms with Crippen LogP contribution in [0, 0.1) is 11.8 Å². The molecule has 1 aromatic rings. The van der Waals surface area contributed by atoms with Gasteiger partial charge in [-0.1, -0.05) is 87.1 Å². The van der Waals surface area contributed by atoms with Gasteiger partial charge in [0.15, 0.2) is 5.78 Å². The average molecular weight is 549 g/mol. The number of unbranched alkanes of at least 4 members (excludes halogenated alkanes) is 1. The topological polar surface area (TPSA) is 42.3 Å². The van der Waals surface area contributed by atoms with E-state index in [0.29, 0.717) is 35.2 Å². The number of ketones is 1. The van der Waals surface area contributed by atoms with Gasteiger partial charge in [-0.05, 0) is 106 Å². The second-order valence-electron chi connectivity index (χ2n) is 11.6. The molecule has 1 aliphatic carbocycles. The molecule has 2 aliphatic rings. The second kappa shape index (κ2) is 15.4. The van der Waals surface area contributed by atoms with Gasteiger partial charge in [0.1, 0.15) is 0 Å². The summed E-state index contributed by atoms with van der Waals surface area (Å²) in [5, 5.41) is 0. The van der Waals surface area contributed by atoms with Crippen molar-refractivity contribution < 1.29 is 4.79 Å². The van der Waals surface area contributed by atoms with E-state index in [0.717, 1.165) is 47.2 Å². The molecule has 3 heteroatoms. The van der Waals surface area contributed by atoms with Crippen LogP contribution in [0.1, 0.15) is 95.9 Å². The number of aromatic nitrogens is 1. The van der Waals surface area contributed by atoms with Crippen LogP contribution >= 0.6 is 0 Å². The molecule has 3 rings (SSSR count). The molecule has 0 saturated heterocycles. The molecule has 3 nitrogen and oxygen atoms in total. The minimum atomic E-state index is -0.105. The SMILES string of the molecule is C=C/C(C)=C\Cc1cnc(C2=CC(=O)C(=C)CC(/C=C\C(=C/C)C3CCC(=C)C(CCCC)CC3)=N2)cc1C(=C)C. The Morgan fingerprint density at radius 1 is 1.17 bits per heavy atom. The minimum absolute atomic E-state index is 0.105.